The van der Waals surface area contributed by atoms with Crippen LogP contribution < -0.4 is 5.32 Å². The summed E-state index contributed by atoms with van der Waals surface area (Å²) in [6.07, 6.45) is 1.49. The molecule has 0 saturated carbocycles. The van der Waals surface area contributed by atoms with Crippen LogP contribution in [-0.2, 0) is 11.3 Å². The van der Waals surface area contributed by atoms with E-state index in [4.69, 9.17) is 4.74 Å². The lowest BCUT2D eigenvalue weighted by atomic mass is 10.0. The molecule has 2 aromatic heterocycles. The molecule has 0 unspecified atom stereocenters. The predicted molar refractivity (Wildman–Crippen MR) is 163 cm³/mol. The summed E-state index contributed by atoms with van der Waals surface area (Å²) in [7, 11) is 0. The summed E-state index contributed by atoms with van der Waals surface area (Å²) in [4.78, 5) is 25.2. The molecule has 1 fully saturated rings. The third-order valence-electron chi connectivity index (χ3n) is 7.13. The molecule has 0 aliphatic carbocycles. The van der Waals surface area contributed by atoms with Crippen LogP contribution in [0.1, 0.15) is 26.3 Å². The number of amides is 1. The monoisotopic (exact) mass is 569 g/mol. The van der Waals surface area contributed by atoms with Crippen LogP contribution in [-0.4, -0.2) is 57.6 Å². The summed E-state index contributed by atoms with van der Waals surface area (Å²) in [5.41, 5.74) is 7.18. The Hall–Kier alpha value is -4.08. The van der Waals surface area contributed by atoms with E-state index in [0.29, 0.717) is 38.3 Å². The Bertz CT molecular complexity index is 1720. The maximum atomic E-state index is 15.5. The molecule has 0 bridgehead atoms. The zero-order valence-electron chi connectivity index (χ0n) is 23.4. The van der Waals surface area contributed by atoms with Gasteiger partial charge in [0.1, 0.15) is 11.4 Å². The van der Waals surface area contributed by atoms with E-state index in [-0.39, 0.29) is 11.9 Å². The van der Waals surface area contributed by atoms with Crippen LogP contribution in [0.3, 0.4) is 0 Å². The van der Waals surface area contributed by atoms with E-state index in [9.17, 15) is 4.79 Å². The second kappa shape index (κ2) is 11.1. The lowest BCUT2D eigenvalue weighted by molar-refractivity contribution is 0.0139. The summed E-state index contributed by atoms with van der Waals surface area (Å²) in [5.74, 6) is -0.262. The van der Waals surface area contributed by atoms with Crippen LogP contribution in [0.2, 0.25) is 0 Å². The van der Waals surface area contributed by atoms with Gasteiger partial charge in [-0.2, -0.15) is 0 Å². The first-order valence-electron chi connectivity index (χ1n) is 13.7. The molecule has 6 rings (SSSR count). The molecule has 1 amide bonds. The van der Waals surface area contributed by atoms with Crippen molar-refractivity contribution in [1.29, 1.82) is 0 Å². The second-order valence-electron chi connectivity index (χ2n) is 11.3. The van der Waals surface area contributed by atoms with Crippen LogP contribution in [0.15, 0.2) is 72.4 Å². The number of thiazole rings is 1. The van der Waals surface area contributed by atoms with Gasteiger partial charge in [0.05, 0.1) is 21.2 Å². The van der Waals surface area contributed by atoms with Gasteiger partial charge in [-0.05, 0) is 74.4 Å². The summed E-state index contributed by atoms with van der Waals surface area (Å²) in [6, 6.07) is 19.3. The Morgan fingerprint density at radius 3 is 2.59 bits per heavy atom. The van der Waals surface area contributed by atoms with Crippen molar-refractivity contribution in [3.8, 4) is 11.1 Å². The smallest absolute Gasteiger partial charge is 0.410 e. The van der Waals surface area contributed by atoms with Crippen molar-refractivity contribution < 1.29 is 13.9 Å². The fraction of sp³-hybridized carbons (Fsp3) is 0.281. The highest BCUT2D eigenvalue weighted by Crippen LogP contribution is 2.32. The number of ether oxygens (including phenoxy) is 1. The number of carbonyl (C=O) groups excluding carboxylic acids is 1. The van der Waals surface area contributed by atoms with E-state index in [0.717, 1.165) is 43.6 Å². The third-order valence-corrected chi connectivity index (χ3v) is 7.94. The van der Waals surface area contributed by atoms with Gasteiger partial charge in [-0.1, -0.05) is 18.2 Å². The first-order valence-corrected chi connectivity index (χ1v) is 14.6. The zero-order chi connectivity index (χ0) is 28.6. The molecule has 210 valence electrons. The van der Waals surface area contributed by atoms with Gasteiger partial charge >= 0.3 is 6.09 Å². The molecule has 0 atom stereocenters. The number of fused-ring (bicyclic) bond motifs is 2. The molecule has 41 heavy (non-hydrogen) atoms. The van der Waals surface area contributed by atoms with Crippen molar-refractivity contribution in [2.45, 2.75) is 32.9 Å². The standard InChI is InChI=1S/C32H32FN5O2S/c1-32(2,3)40-31(39)38-14-12-37(13-15-38)19-21-4-7-24(26(33)16-21)22-5-8-27-25(17-22)28(10-11-34-27)36-23-6-9-30-29(18-23)35-20-41-30/h4-11,16-18,20H,12-15,19H2,1-3H3,(H,34,36). The van der Waals surface area contributed by atoms with E-state index < -0.39 is 5.60 Å². The minimum atomic E-state index is -0.510. The van der Waals surface area contributed by atoms with Gasteiger partial charge < -0.3 is 15.0 Å². The minimum Gasteiger partial charge on any atom is -0.444 e. The molecule has 3 heterocycles. The van der Waals surface area contributed by atoms with Crippen molar-refractivity contribution in [2.75, 3.05) is 31.5 Å². The van der Waals surface area contributed by atoms with E-state index in [1.165, 1.54) is 0 Å². The number of benzene rings is 3. The molecule has 1 aliphatic heterocycles. The van der Waals surface area contributed by atoms with Crippen molar-refractivity contribution in [3.63, 3.8) is 0 Å². The molecule has 1 saturated heterocycles. The lowest BCUT2D eigenvalue weighted by Gasteiger charge is -2.35. The molecule has 0 radical (unpaired) electrons. The molecule has 1 N–H and O–H groups in total. The number of nitrogens with one attached hydrogen (secondary N) is 1. The van der Waals surface area contributed by atoms with Gasteiger partial charge in [0, 0.05) is 61.2 Å². The van der Waals surface area contributed by atoms with Crippen molar-refractivity contribution in [2.24, 2.45) is 0 Å². The molecule has 9 heteroatoms. The number of carbonyl (C=O) groups is 1. The number of anilines is 2. The summed E-state index contributed by atoms with van der Waals surface area (Å²) in [5, 5.41) is 4.40. The van der Waals surface area contributed by atoms with Gasteiger partial charge in [0.2, 0.25) is 0 Å². The van der Waals surface area contributed by atoms with Crippen LogP contribution in [0.4, 0.5) is 20.6 Å². The second-order valence-corrected chi connectivity index (χ2v) is 12.2. The minimum absolute atomic E-state index is 0.262. The highest BCUT2D eigenvalue weighted by atomic mass is 32.1. The molecule has 1 aliphatic rings. The SMILES string of the molecule is CC(C)(C)OC(=O)N1CCN(Cc2ccc(-c3ccc4nccc(Nc5ccc6scnc6c5)c4c3)c(F)c2)CC1. The quantitative estimate of drug-likeness (QED) is 0.237. The van der Waals surface area contributed by atoms with E-state index in [2.05, 4.69) is 26.3 Å². The fourth-order valence-electron chi connectivity index (χ4n) is 5.08. The van der Waals surface area contributed by atoms with Crippen LogP contribution in [0, 0.1) is 5.82 Å². The number of rotatable bonds is 5. The maximum absolute atomic E-state index is 15.5. The number of piperazine rings is 1. The van der Waals surface area contributed by atoms with Crippen LogP contribution in [0.25, 0.3) is 32.2 Å². The predicted octanol–water partition coefficient (Wildman–Crippen LogP) is 7.45. The first kappa shape index (κ1) is 27.1. The highest BCUT2D eigenvalue weighted by Gasteiger charge is 2.26. The Labute approximate surface area is 242 Å². The van der Waals surface area contributed by atoms with Crippen molar-refractivity contribution in [1.82, 2.24) is 19.8 Å². The van der Waals surface area contributed by atoms with Gasteiger partial charge in [-0.15, -0.1) is 11.3 Å². The summed E-state index contributed by atoms with van der Waals surface area (Å²) >= 11 is 1.61. The highest BCUT2D eigenvalue weighted by molar-refractivity contribution is 7.16. The van der Waals surface area contributed by atoms with Crippen LogP contribution in [0.5, 0.6) is 0 Å². The van der Waals surface area contributed by atoms with Crippen LogP contribution >= 0.6 is 11.3 Å². The Kier molecular flexibility index (Phi) is 7.32. The van der Waals surface area contributed by atoms with E-state index in [1.54, 1.807) is 28.5 Å². The summed E-state index contributed by atoms with van der Waals surface area (Å²) in [6.45, 7) is 8.84. The van der Waals surface area contributed by atoms with Gasteiger partial charge in [-0.3, -0.25) is 9.88 Å². The number of hydrogen-bond donors (Lipinski definition) is 1. The average Bonchev–Trinajstić information content (AvgIpc) is 3.41. The van der Waals surface area contributed by atoms with Gasteiger partial charge in [0.25, 0.3) is 0 Å². The molecule has 5 aromatic rings. The van der Waals surface area contributed by atoms with Gasteiger partial charge in [0.15, 0.2) is 0 Å². The largest absolute Gasteiger partial charge is 0.444 e. The van der Waals surface area contributed by atoms with Crippen molar-refractivity contribution in [3.05, 3.63) is 83.8 Å². The Balaban J connectivity index is 1.16. The molecule has 3 aromatic carbocycles. The summed E-state index contributed by atoms with van der Waals surface area (Å²) < 4.78 is 22.1. The number of pyridine rings is 1. The Morgan fingerprint density at radius 1 is 0.976 bits per heavy atom. The number of nitrogens with zero attached hydrogens (tertiary/aromatic N) is 4. The lowest BCUT2D eigenvalue weighted by Crippen LogP contribution is -2.49. The zero-order valence-corrected chi connectivity index (χ0v) is 24.2. The average molecular weight is 570 g/mol. The maximum Gasteiger partial charge on any atom is 0.410 e. The third kappa shape index (κ3) is 6.16. The molecule has 0 spiro atoms. The van der Waals surface area contributed by atoms with E-state index in [1.807, 2.05) is 74.8 Å². The first-order chi connectivity index (χ1) is 19.7. The van der Waals surface area contributed by atoms with Crippen molar-refractivity contribution >= 4 is 49.9 Å². The molecular weight excluding hydrogens is 537 g/mol. The number of halogens is 1. The fourth-order valence-corrected chi connectivity index (χ4v) is 5.74. The molecule has 7 nitrogen and oxygen atoms in total. The van der Waals surface area contributed by atoms with E-state index >= 15 is 4.39 Å². The number of aromatic nitrogens is 2. The number of hydrogen-bond acceptors (Lipinski definition) is 7. The Morgan fingerprint density at radius 2 is 1.80 bits per heavy atom. The normalized spacial score (nSPS) is 14.5. The van der Waals surface area contributed by atoms with Gasteiger partial charge in [-0.25, -0.2) is 14.2 Å². The molecular formula is C32H32FN5O2S. The topological polar surface area (TPSA) is 70.6 Å².